The van der Waals surface area contributed by atoms with E-state index in [0.29, 0.717) is 23.5 Å². The molecule has 3 aromatic rings. The molecule has 0 saturated carbocycles. The van der Waals surface area contributed by atoms with Crippen molar-refractivity contribution in [2.24, 2.45) is 4.99 Å². The Bertz CT molecular complexity index is 1220. The number of amidine groups is 1. The van der Waals surface area contributed by atoms with Crippen molar-refractivity contribution in [1.29, 1.82) is 0 Å². The number of carbonyl (C=O) groups excluding carboxylic acids is 1. The average Bonchev–Trinajstić information content (AvgIpc) is 3.16. The molecule has 3 aromatic carbocycles. The van der Waals surface area contributed by atoms with Crippen LogP contribution >= 0.6 is 0 Å². The Morgan fingerprint density at radius 2 is 1.22 bits per heavy atom. The molecule has 0 atom stereocenters. The lowest BCUT2D eigenvalue weighted by molar-refractivity contribution is -0.130. The average molecular weight is 507 g/mol. The van der Waals surface area contributed by atoms with Gasteiger partial charge in [-0.25, -0.2) is 18.2 Å². The fourth-order valence-corrected chi connectivity index (χ4v) is 5.22. The standard InChI is InChI=1S/C29H29F3N4O/c1-21-33-29(22-3-7-24(30)8-4-22,23-5-9-25(31)10-6-23)28(37)36(21)16-2-15-34-17-19-35(20-18-34)27-13-11-26(32)12-14-27/h3-14H,2,15-20H2,1H3. The SMILES string of the molecule is CC1=NC(c2ccc(F)cc2)(c2ccc(F)cc2)C(=O)N1CCCN1CCN(c2ccc(F)cc2)CC1. The Labute approximate surface area is 214 Å². The predicted octanol–water partition coefficient (Wildman–Crippen LogP) is 4.82. The third kappa shape index (κ3) is 4.98. The molecule has 5 rings (SSSR count). The number of anilines is 1. The van der Waals surface area contributed by atoms with E-state index in [9.17, 15) is 18.0 Å². The van der Waals surface area contributed by atoms with Gasteiger partial charge in [0.2, 0.25) is 0 Å². The second kappa shape index (κ2) is 10.4. The number of carbonyl (C=O) groups is 1. The van der Waals surface area contributed by atoms with Gasteiger partial charge in [0.25, 0.3) is 5.91 Å². The van der Waals surface area contributed by atoms with Gasteiger partial charge < -0.3 is 4.90 Å². The van der Waals surface area contributed by atoms with Gasteiger partial charge in [-0.05, 0) is 79.5 Å². The highest BCUT2D eigenvalue weighted by molar-refractivity contribution is 6.09. The first-order chi connectivity index (χ1) is 17.9. The normalized spacial score (nSPS) is 17.8. The first kappa shape index (κ1) is 25.0. The van der Waals surface area contributed by atoms with Crippen LogP contribution < -0.4 is 4.90 Å². The zero-order valence-electron chi connectivity index (χ0n) is 20.7. The smallest absolute Gasteiger partial charge is 0.265 e. The Morgan fingerprint density at radius 3 is 1.73 bits per heavy atom. The zero-order chi connectivity index (χ0) is 26.0. The topological polar surface area (TPSA) is 39.2 Å². The van der Waals surface area contributed by atoms with E-state index in [2.05, 4.69) is 9.80 Å². The van der Waals surface area contributed by atoms with E-state index in [4.69, 9.17) is 4.99 Å². The molecule has 2 aliphatic rings. The zero-order valence-corrected chi connectivity index (χ0v) is 20.7. The summed E-state index contributed by atoms with van der Waals surface area (Å²) < 4.78 is 40.6. The van der Waals surface area contributed by atoms with Gasteiger partial charge in [0.1, 0.15) is 23.3 Å². The molecule has 0 unspecified atom stereocenters. The van der Waals surface area contributed by atoms with Crippen LogP contribution in [0.4, 0.5) is 18.9 Å². The molecule has 2 heterocycles. The fourth-order valence-electron chi connectivity index (χ4n) is 5.22. The Morgan fingerprint density at radius 1 is 0.730 bits per heavy atom. The van der Waals surface area contributed by atoms with Crippen molar-refractivity contribution in [3.05, 3.63) is 101 Å². The van der Waals surface area contributed by atoms with Crippen LogP contribution in [-0.2, 0) is 10.3 Å². The number of hydrogen-bond donors (Lipinski definition) is 0. The maximum absolute atomic E-state index is 13.9. The van der Waals surface area contributed by atoms with Gasteiger partial charge in [-0.15, -0.1) is 0 Å². The molecule has 0 bridgehead atoms. The molecule has 37 heavy (non-hydrogen) atoms. The van der Waals surface area contributed by atoms with Crippen molar-refractivity contribution in [3.8, 4) is 0 Å². The Kier molecular flexibility index (Phi) is 7.02. The minimum absolute atomic E-state index is 0.218. The van der Waals surface area contributed by atoms with Crippen LogP contribution in [0.1, 0.15) is 24.5 Å². The first-order valence-electron chi connectivity index (χ1n) is 12.5. The van der Waals surface area contributed by atoms with Crippen molar-refractivity contribution in [2.45, 2.75) is 18.9 Å². The van der Waals surface area contributed by atoms with E-state index in [0.717, 1.165) is 44.8 Å². The van der Waals surface area contributed by atoms with Gasteiger partial charge in [0.05, 0.1) is 0 Å². The largest absolute Gasteiger partial charge is 0.369 e. The second-order valence-corrected chi connectivity index (χ2v) is 9.50. The minimum atomic E-state index is -1.37. The summed E-state index contributed by atoms with van der Waals surface area (Å²) in [4.78, 5) is 25.0. The second-order valence-electron chi connectivity index (χ2n) is 9.50. The van der Waals surface area contributed by atoms with Crippen LogP contribution in [0, 0.1) is 17.5 Å². The van der Waals surface area contributed by atoms with Crippen LogP contribution in [0.3, 0.4) is 0 Å². The van der Waals surface area contributed by atoms with Gasteiger partial charge in [-0.3, -0.25) is 14.6 Å². The highest BCUT2D eigenvalue weighted by Crippen LogP contribution is 2.40. The van der Waals surface area contributed by atoms with E-state index in [-0.39, 0.29) is 11.7 Å². The Balaban J connectivity index is 1.25. The molecule has 8 heteroatoms. The highest BCUT2D eigenvalue weighted by Gasteiger charge is 2.49. The molecule has 192 valence electrons. The molecule has 2 aliphatic heterocycles. The summed E-state index contributed by atoms with van der Waals surface area (Å²) >= 11 is 0. The van der Waals surface area contributed by atoms with Crippen molar-refractivity contribution in [2.75, 3.05) is 44.2 Å². The van der Waals surface area contributed by atoms with Crippen LogP contribution in [-0.4, -0.2) is 60.8 Å². The molecule has 1 amide bonds. The number of aliphatic imine (C=N–C) groups is 1. The van der Waals surface area contributed by atoms with Crippen molar-refractivity contribution < 1.29 is 18.0 Å². The molecule has 0 radical (unpaired) electrons. The summed E-state index contributed by atoms with van der Waals surface area (Å²) in [5.41, 5.74) is 0.744. The van der Waals surface area contributed by atoms with Gasteiger partial charge in [-0.2, -0.15) is 0 Å². The summed E-state index contributed by atoms with van der Waals surface area (Å²) in [5, 5.41) is 0. The number of amides is 1. The molecular weight excluding hydrogens is 477 g/mol. The number of benzene rings is 3. The van der Waals surface area contributed by atoms with Gasteiger partial charge >= 0.3 is 0 Å². The van der Waals surface area contributed by atoms with E-state index in [1.165, 1.54) is 36.4 Å². The maximum atomic E-state index is 13.9. The third-order valence-electron chi connectivity index (χ3n) is 7.22. The number of rotatable bonds is 7. The number of piperazine rings is 1. The summed E-state index contributed by atoms with van der Waals surface area (Å²) in [6.45, 7) is 6.60. The van der Waals surface area contributed by atoms with Crippen LogP contribution in [0.5, 0.6) is 0 Å². The molecule has 1 saturated heterocycles. The van der Waals surface area contributed by atoms with Crippen molar-refractivity contribution in [3.63, 3.8) is 0 Å². The molecule has 5 nitrogen and oxygen atoms in total. The van der Waals surface area contributed by atoms with Crippen LogP contribution in [0.25, 0.3) is 0 Å². The van der Waals surface area contributed by atoms with E-state index >= 15 is 0 Å². The molecule has 0 aliphatic carbocycles. The molecule has 0 N–H and O–H groups in total. The predicted molar refractivity (Wildman–Crippen MR) is 138 cm³/mol. The number of halogens is 3. The summed E-state index contributed by atoms with van der Waals surface area (Å²) in [6, 6.07) is 18.1. The van der Waals surface area contributed by atoms with Gasteiger partial charge in [-0.1, -0.05) is 24.3 Å². The summed E-state index contributed by atoms with van der Waals surface area (Å²) in [6.07, 6.45) is 0.762. The van der Waals surface area contributed by atoms with Crippen LogP contribution in [0.15, 0.2) is 77.8 Å². The summed E-state index contributed by atoms with van der Waals surface area (Å²) in [5.74, 6) is -0.675. The molecule has 0 spiro atoms. The lowest BCUT2D eigenvalue weighted by Gasteiger charge is -2.36. The minimum Gasteiger partial charge on any atom is -0.369 e. The van der Waals surface area contributed by atoms with Gasteiger partial charge in [0, 0.05) is 38.4 Å². The first-order valence-corrected chi connectivity index (χ1v) is 12.5. The lowest BCUT2D eigenvalue weighted by Crippen LogP contribution is -2.47. The molecule has 0 aromatic heterocycles. The van der Waals surface area contributed by atoms with E-state index in [1.807, 2.05) is 0 Å². The number of nitrogens with zero attached hydrogens (tertiary/aromatic N) is 4. The third-order valence-corrected chi connectivity index (χ3v) is 7.22. The highest BCUT2D eigenvalue weighted by atomic mass is 19.1. The maximum Gasteiger partial charge on any atom is 0.265 e. The van der Waals surface area contributed by atoms with Crippen molar-refractivity contribution in [1.82, 2.24) is 9.80 Å². The van der Waals surface area contributed by atoms with Gasteiger partial charge in [0.15, 0.2) is 5.54 Å². The van der Waals surface area contributed by atoms with E-state index < -0.39 is 17.2 Å². The number of hydrogen-bond acceptors (Lipinski definition) is 4. The monoisotopic (exact) mass is 506 g/mol. The lowest BCUT2D eigenvalue weighted by atomic mass is 9.82. The van der Waals surface area contributed by atoms with Crippen LogP contribution in [0.2, 0.25) is 0 Å². The summed E-state index contributed by atoms with van der Waals surface area (Å²) in [7, 11) is 0. The fraction of sp³-hybridized carbons (Fsp3) is 0.310. The quantitative estimate of drug-likeness (QED) is 0.461. The van der Waals surface area contributed by atoms with E-state index in [1.54, 1.807) is 48.2 Å². The molecule has 1 fully saturated rings. The van der Waals surface area contributed by atoms with Crippen molar-refractivity contribution >= 4 is 17.4 Å². The molecular formula is C29H29F3N4O. The Hall–Kier alpha value is -3.65.